The lowest BCUT2D eigenvalue weighted by Crippen LogP contribution is -2.23. The average molecular weight is 401 g/mol. The van der Waals surface area contributed by atoms with Crippen LogP contribution in [-0.4, -0.2) is 23.2 Å². The van der Waals surface area contributed by atoms with Crippen molar-refractivity contribution in [3.05, 3.63) is 77.0 Å². The van der Waals surface area contributed by atoms with E-state index in [1.807, 2.05) is 24.3 Å². The molecule has 0 aliphatic carbocycles. The summed E-state index contributed by atoms with van der Waals surface area (Å²) in [5.41, 5.74) is 1.18. The zero-order valence-electron chi connectivity index (χ0n) is 16.0. The van der Waals surface area contributed by atoms with Gasteiger partial charge in [-0.25, -0.2) is 8.78 Å². The largest absolute Gasteiger partial charge is 0.497 e. The summed E-state index contributed by atoms with van der Waals surface area (Å²) in [6, 6.07) is 11.6. The Bertz CT molecular complexity index is 975. The molecule has 29 heavy (non-hydrogen) atoms. The van der Waals surface area contributed by atoms with Crippen molar-refractivity contribution in [2.24, 2.45) is 0 Å². The summed E-state index contributed by atoms with van der Waals surface area (Å²) in [7, 11) is 1.62. The van der Waals surface area contributed by atoms with Crippen molar-refractivity contribution in [1.29, 1.82) is 0 Å². The second-order valence-electron chi connectivity index (χ2n) is 6.43. The van der Waals surface area contributed by atoms with Gasteiger partial charge >= 0.3 is 0 Å². The van der Waals surface area contributed by atoms with Gasteiger partial charge in [-0.3, -0.25) is 4.79 Å². The minimum Gasteiger partial charge on any atom is -0.497 e. The van der Waals surface area contributed by atoms with Crippen LogP contribution >= 0.6 is 0 Å². The Morgan fingerprint density at radius 2 is 1.83 bits per heavy atom. The monoisotopic (exact) mass is 401 g/mol. The third-order valence-corrected chi connectivity index (χ3v) is 4.34. The summed E-state index contributed by atoms with van der Waals surface area (Å²) in [5, 5.41) is 10.5. The van der Waals surface area contributed by atoms with Gasteiger partial charge < -0.3 is 14.5 Å². The maximum atomic E-state index is 13.6. The normalized spacial score (nSPS) is 10.7. The van der Waals surface area contributed by atoms with Crippen LogP contribution in [0.2, 0.25) is 0 Å². The third kappa shape index (κ3) is 5.84. The lowest BCUT2D eigenvalue weighted by Gasteiger charge is -2.06. The number of nitrogens with one attached hydrogen (secondary N) is 1. The van der Waals surface area contributed by atoms with Gasteiger partial charge in [0.05, 0.1) is 7.11 Å². The predicted octanol–water partition coefficient (Wildman–Crippen LogP) is 3.39. The Morgan fingerprint density at radius 3 is 2.62 bits per heavy atom. The first-order valence-electron chi connectivity index (χ1n) is 9.19. The Labute approximate surface area is 166 Å². The Morgan fingerprint density at radius 1 is 1.07 bits per heavy atom. The van der Waals surface area contributed by atoms with E-state index in [1.54, 1.807) is 7.11 Å². The maximum Gasteiger partial charge on any atom is 0.220 e. The number of benzene rings is 2. The number of amides is 1. The summed E-state index contributed by atoms with van der Waals surface area (Å²) in [6.45, 7) is -0.0853. The number of methoxy groups -OCH3 is 1. The molecule has 0 saturated carbocycles. The molecular formula is C21H21F2N3O3. The molecule has 6 nitrogen and oxygen atoms in total. The molecule has 0 bridgehead atoms. The highest BCUT2D eigenvalue weighted by Crippen LogP contribution is 2.15. The first-order valence-corrected chi connectivity index (χ1v) is 9.19. The number of carbonyl (C=O) groups excluding carboxylic acids is 1. The van der Waals surface area contributed by atoms with Crippen molar-refractivity contribution in [2.75, 3.05) is 7.11 Å². The minimum absolute atomic E-state index is 0.0853. The molecule has 1 aromatic heterocycles. The van der Waals surface area contributed by atoms with E-state index >= 15 is 0 Å². The zero-order chi connectivity index (χ0) is 20.6. The van der Waals surface area contributed by atoms with Crippen molar-refractivity contribution in [1.82, 2.24) is 15.5 Å². The summed E-state index contributed by atoms with van der Waals surface area (Å²) in [4.78, 5) is 11.9. The van der Waals surface area contributed by atoms with Gasteiger partial charge in [-0.05, 0) is 30.2 Å². The number of nitrogens with zero attached hydrogens (tertiary/aromatic N) is 2. The van der Waals surface area contributed by atoms with Crippen molar-refractivity contribution in [3.8, 4) is 5.75 Å². The molecule has 0 aliphatic heterocycles. The van der Waals surface area contributed by atoms with Gasteiger partial charge in [0.25, 0.3) is 0 Å². The topological polar surface area (TPSA) is 77.2 Å². The van der Waals surface area contributed by atoms with Crippen LogP contribution in [0.4, 0.5) is 8.78 Å². The molecule has 0 aliphatic rings. The quantitative estimate of drug-likeness (QED) is 0.595. The fourth-order valence-electron chi connectivity index (χ4n) is 2.76. The third-order valence-electron chi connectivity index (χ3n) is 4.34. The second kappa shape index (κ2) is 9.77. The standard InChI is InChI=1S/C21H21F2N3O3/c1-28-16-6-2-4-14(12-16)8-10-19-25-26-20(29-19)11-9-18(27)24-13-15-5-3-7-17(22)21(15)23/h2-7,12H,8-11,13H2,1H3,(H,24,27). The van der Waals surface area contributed by atoms with Gasteiger partial charge in [0.1, 0.15) is 5.75 Å². The number of halogens is 2. The molecule has 3 rings (SSSR count). The molecular weight excluding hydrogens is 380 g/mol. The molecule has 2 aromatic carbocycles. The number of hydrogen-bond acceptors (Lipinski definition) is 5. The fourth-order valence-corrected chi connectivity index (χ4v) is 2.76. The maximum absolute atomic E-state index is 13.6. The lowest BCUT2D eigenvalue weighted by atomic mass is 10.1. The number of hydrogen-bond donors (Lipinski definition) is 1. The Kier molecular flexibility index (Phi) is 6.89. The molecule has 8 heteroatoms. The summed E-state index contributed by atoms with van der Waals surface area (Å²) >= 11 is 0. The van der Waals surface area contributed by atoms with E-state index in [4.69, 9.17) is 9.15 Å². The van der Waals surface area contributed by atoms with E-state index in [0.29, 0.717) is 18.2 Å². The van der Waals surface area contributed by atoms with Crippen molar-refractivity contribution in [3.63, 3.8) is 0 Å². The SMILES string of the molecule is COc1cccc(CCc2nnc(CCC(=O)NCc3cccc(F)c3F)o2)c1. The zero-order valence-corrected chi connectivity index (χ0v) is 16.0. The van der Waals surface area contributed by atoms with E-state index in [0.717, 1.165) is 23.8 Å². The van der Waals surface area contributed by atoms with E-state index in [1.165, 1.54) is 12.1 Å². The number of ether oxygens (including phenoxy) is 1. The first-order chi connectivity index (χ1) is 14.0. The van der Waals surface area contributed by atoms with E-state index in [-0.39, 0.29) is 30.9 Å². The van der Waals surface area contributed by atoms with Gasteiger partial charge in [-0.15, -0.1) is 10.2 Å². The van der Waals surface area contributed by atoms with Crippen LogP contribution in [0, 0.1) is 11.6 Å². The minimum atomic E-state index is -0.953. The van der Waals surface area contributed by atoms with Gasteiger partial charge in [-0.2, -0.15) is 0 Å². The number of rotatable bonds is 9. The van der Waals surface area contributed by atoms with Crippen molar-refractivity contribution >= 4 is 5.91 Å². The van der Waals surface area contributed by atoms with Crippen LogP contribution in [0.3, 0.4) is 0 Å². The highest BCUT2D eigenvalue weighted by atomic mass is 19.2. The van der Waals surface area contributed by atoms with Gasteiger partial charge in [0.15, 0.2) is 11.6 Å². The number of aryl methyl sites for hydroxylation is 3. The van der Waals surface area contributed by atoms with Gasteiger partial charge in [0, 0.05) is 31.4 Å². The Hall–Kier alpha value is -3.29. The molecule has 1 heterocycles. The molecule has 0 spiro atoms. The van der Waals surface area contributed by atoms with Crippen LogP contribution in [-0.2, 0) is 30.6 Å². The molecule has 1 N–H and O–H groups in total. The first kappa shape index (κ1) is 20.4. The predicted molar refractivity (Wildman–Crippen MR) is 101 cm³/mol. The summed E-state index contributed by atoms with van der Waals surface area (Å²) in [6.07, 6.45) is 1.67. The van der Waals surface area contributed by atoms with Gasteiger partial charge in [0.2, 0.25) is 17.7 Å². The molecule has 0 fully saturated rings. The molecule has 3 aromatic rings. The van der Waals surface area contributed by atoms with Gasteiger partial charge in [-0.1, -0.05) is 24.3 Å². The molecule has 0 saturated heterocycles. The molecule has 1 amide bonds. The highest BCUT2D eigenvalue weighted by Gasteiger charge is 2.11. The van der Waals surface area contributed by atoms with E-state index in [9.17, 15) is 13.6 Å². The molecule has 0 atom stereocenters. The average Bonchev–Trinajstić information content (AvgIpc) is 3.20. The molecule has 0 unspecified atom stereocenters. The lowest BCUT2D eigenvalue weighted by molar-refractivity contribution is -0.121. The van der Waals surface area contributed by atoms with Crippen LogP contribution in [0.5, 0.6) is 5.75 Å². The van der Waals surface area contributed by atoms with Crippen molar-refractivity contribution in [2.45, 2.75) is 32.2 Å². The van der Waals surface area contributed by atoms with E-state index < -0.39 is 11.6 Å². The number of aromatic nitrogens is 2. The smallest absolute Gasteiger partial charge is 0.220 e. The van der Waals surface area contributed by atoms with Crippen molar-refractivity contribution < 1.29 is 22.7 Å². The van der Waals surface area contributed by atoms with Crippen LogP contribution in [0.25, 0.3) is 0 Å². The highest BCUT2D eigenvalue weighted by molar-refractivity contribution is 5.76. The summed E-state index contributed by atoms with van der Waals surface area (Å²) in [5.74, 6) is -0.570. The van der Waals surface area contributed by atoms with E-state index in [2.05, 4.69) is 15.5 Å². The Balaban J connectivity index is 1.43. The van der Waals surface area contributed by atoms with Crippen LogP contribution < -0.4 is 10.1 Å². The van der Waals surface area contributed by atoms with Crippen LogP contribution in [0.1, 0.15) is 29.3 Å². The second-order valence-corrected chi connectivity index (χ2v) is 6.43. The molecule has 152 valence electrons. The van der Waals surface area contributed by atoms with Crippen LogP contribution in [0.15, 0.2) is 46.9 Å². The summed E-state index contributed by atoms with van der Waals surface area (Å²) < 4.78 is 37.5. The number of carbonyl (C=O) groups is 1. The fraction of sp³-hybridized carbons (Fsp3) is 0.286. The molecule has 0 radical (unpaired) electrons.